The van der Waals surface area contributed by atoms with Crippen LogP contribution >= 0.6 is 11.3 Å². The van der Waals surface area contributed by atoms with E-state index in [1.807, 2.05) is 6.07 Å². The fraction of sp³-hybridized carbons (Fsp3) is 0.429. The van der Waals surface area contributed by atoms with Crippen molar-refractivity contribution in [2.24, 2.45) is 0 Å². The Balaban J connectivity index is 2.08. The van der Waals surface area contributed by atoms with E-state index in [1.165, 1.54) is 21.9 Å². The highest BCUT2D eigenvalue weighted by atomic mass is 32.2. The van der Waals surface area contributed by atoms with Gasteiger partial charge in [0.1, 0.15) is 4.21 Å². The minimum atomic E-state index is -3.45. The summed E-state index contributed by atoms with van der Waals surface area (Å²) in [6.07, 6.45) is 3.09. The second-order valence-electron chi connectivity index (χ2n) is 5.15. The van der Waals surface area contributed by atoms with Crippen molar-refractivity contribution in [3.8, 4) is 0 Å². The Kier molecular flexibility index (Phi) is 5.21. The van der Waals surface area contributed by atoms with Crippen molar-refractivity contribution in [3.05, 3.63) is 41.2 Å². The Hall–Kier alpha value is -1.15. The summed E-state index contributed by atoms with van der Waals surface area (Å²) in [5.41, 5.74) is 0.833. The molecule has 0 bridgehead atoms. The summed E-state index contributed by atoms with van der Waals surface area (Å²) in [7, 11) is -1.87. The molecule has 0 fully saturated rings. The monoisotopic (exact) mass is 328 g/mol. The number of sulfonamides is 1. The van der Waals surface area contributed by atoms with Gasteiger partial charge in [0.2, 0.25) is 0 Å². The van der Waals surface area contributed by atoms with E-state index < -0.39 is 10.0 Å². The Morgan fingerprint density at radius 2 is 2.10 bits per heavy atom. The molecule has 0 aliphatic carbocycles. The van der Waals surface area contributed by atoms with E-state index in [1.54, 1.807) is 25.4 Å². The predicted molar refractivity (Wildman–Crippen MR) is 83.7 cm³/mol. The first-order valence-electron chi connectivity index (χ1n) is 6.69. The summed E-state index contributed by atoms with van der Waals surface area (Å²) in [6.45, 7) is 5.10. The standard InChI is InChI=1S/C14H20N2O3S2/c1-11(2)15-8-13-4-5-14(20-13)21(17,18)16(3)9-12-6-7-19-10-12/h4-7,10-11,15H,8-9H2,1-3H3. The first-order valence-corrected chi connectivity index (χ1v) is 8.95. The molecule has 0 unspecified atom stereocenters. The Labute approximate surface area is 129 Å². The maximum Gasteiger partial charge on any atom is 0.252 e. The highest BCUT2D eigenvalue weighted by molar-refractivity contribution is 7.91. The molecule has 0 spiro atoms. The quantitative estimate of drug-likeness (QED) is 0.849. The zero-order valence-electron chi connectivity index (χ0n) is 12.4. The molecule has 7 heteroatoms. The Morgan fingerprint density at radius 1 is 1.33 bits per heavy atom. The first-order chi connectivity index (χ1) is 9.89. The summed E-state index contributed by atoms with van der Waals surface area (Å²) in [6, 6.07) is 5.66. The topological polar surface area (TPSA) is 62.6 Å². The van der Waals surface area contributed by atoms with Crippen LogP contribution in [0.3, 0.4) is 0 Å². The largest absolute Gasteiger partial charge is 0.472 e. The number of hydrogen-bond acceptors (Lipinski definition) is 5. The van der Waals surface area contributed by atoms with E-state index in [4.69, 9.17) is 4.42 Å². The summed E-state index contributed by atoms with van der Waals surface area (Å²) < 4.78 is 31.7. The van der Waals surface area contributed by atoms with E-state index in [9.17, 15) is 8.42 Å². The maximum atomic E-state index is 12.5. The van der Waals surface area contributed by atoms with Gasteiger partial charge in [-0.15, -0.1) is 11.3 Å². The molecule has 0 aromatic carbocycles. The lowest BCUT2D eigenvalue weighted by molar-refractivity contribution is 0.465. The average molecular weight is 328 g/mol. The van der Waals surface area contributed by atoms with Gasteiger partial charge in [-0.2, -0.15) is 4.31 Å². The molecule has 0 saturated heterocycles. The highest BCUT2D eigenvalue weighted by Crippen LogP contribution is 2.25. The fourth-order valence-electron chi connectivity index (χ4n) is 1.77. The number of nitrogens with one attached hydrogen (secondary N) is 1. The fourth-order valence-corrected chi connectivity index (χ4v) is 4.45. The Morgan fingerprint density at radius 3 is 2.71 bits per heavy atom. The molecule has 2 heterocycles. The van der Waals surface area contributed by atoms with Crippen LogP contribution in [0.25, 0.3) is 0 Å². The van der Waals surface area contributed by atoms with Crippen LogP contribution in [0.4, 0.5) is 0 Å². The van der Waals surface area contributed by atoms with Crippen LogP contribution < -0.4 is 5.32 Å². The van der Waals surface area contributed by atoms with Gasteiger partial charge in [-0.25, -0.2) is 8.42 Å². The molecule has 21 heavy (non-hydrogen) atoms. The van der Waals surface area contributed by atoms with Gasteiger partial charge in [-0.05, 0) is 18.2 Å². The smallest absolute Gasteiger partial charge is 0.252 e. The van der Waals surface area contributed by atoms with Crippen molar-refractivity contribution in [2.45, 2.75) is 37.2 Å². The molecule has 1 N–H and O–H groups in total. The number of nitrogens with zero attached hydrogens (tertiary/aromatic N) is 1. The second-order valence-corrected chi connectivity index (χ2v) is 8.59. The molecule has 2 aromatic rings. The van der Waals surface area contributed by atoms with Crippen LogP contribution in [0.5, 0.6) is 0 Å². The zero-order valence-corrected chi connectivity index (χ0v) is 14.0. The molecule has 0 saturated carbocycles. The molecule has 2 rings (SSSR count). The third-order valence-corrected chi connectivity index (χ3v) is 6.33. The average Bonchev–Trinajstić information content (AvgIpc) is 3.07. The van der Waals surface area contributed by atoms with Gasteiger partial charge < -0.3 is 9.73 Å². The van der Waals surface area contributed by atoms with Crippen LogP contribution in [0.15, 0.2) is 39.4 Å². The summed E-state index contributed by atoms with van der Waals surface area (Å²) in [5.74, 6) is 0. The van der Waals surface area contributed by atoms with E-state index in [2.05, 4.69) is 19.2 Å². The normalized spacial score (nSPS) is 12.4. The van der Waals surface area contributed by atoms with E-state index in [0.717, 1.165) is 10.4 Å². The molecule has 0 aliphatic rings. The first kappa shape index (κ1) is 16.2. The van der Waals surface area contributed by atoms with Gasteiger partial charge >= 0.3 is 0 Å². The lowest BCUT2D eigenvalue weighted by atomic mass is 10.3. The van der Waals surface area contributed by atoms with Crippen LogP contribution in [-0.4, -0.2) is 25.8 Å². The molecule has 5 nitrogen and oxygen atoms in total. The predicted octanol–water partition coefficient (Wildman–Crippen LogP) is 2.66. The number of furan rings is 1. The minimum absolute atomic E-state index is 0.302. The van der Waals surface area contributed by atoms with Crippen LogP contribution in [0.2, 0.25) is 0 Å². The number of rotatable bonds is 7. The molecule has 0 atom stereocenters. The van der Waals surface area contributed by atoms with Gasteiger partial charge in [-0.1, -0.05) is 13.8 Å². The van der Waals surface area contributed by atoms with E-state index in [0.29, 0.717) is 23.3 Å². The highest BCUT2D eigenvalue weighted by Gasteiger charge is 2.23. The molecule has 0 aliphatic heterocycles. The van der Waals surface area contributed by atoms with Gasteiger partial charge in [0, 0.05) is 36.6 Å². The summed E-state index contributed by atoms with van der Waals surface area (Å²) in [5, 5.41) is 3.28. The number of thiophene rings is 1. The summed E-state index contributed by atoms with van der Waals surface area (Å²) >= 11 is 1.31. The van der Waals surface area contributed by atoms with E-state index in [-0.39, 0.29) is 0 Å². The van der Waals surface area contributed by atoms with Crippen molar-refractivity contribution in [2.75, 3.05) is 7.05 Å². The van der Waals surface area contributed by atoms with Gasteiger partial charge in [0.25, 0.3) is 10.0 Å². The zero-order chi connectivity index (χ0) is 15.5. The maximum absolute atomic E-state index is 12.5. The van der Waals surface area contributed by atoms with Crippen molar-refractivity contribution >= 4 is 21.4 Å². The Bertz CT molecular complexity index is 660. The molecule has 0 amide bonds. The second kappa shape index (κ2) is 6.74. The van der Waals surface area contributed by atoms with Crippen molar-refractivity contribution < 1.29 is 12.8 Å². The minimum Gasteiger partial charge on any atom is -0.472 e. The van der Waals surface area contributed by atoms with E-state index >= 15 is 0 Å². The SMILES string of the molecule is CC(C)NCc1ccc(S(=O)(=O)N(C)Cc2ccoc2)s1. The molecular weight excluding hydrogens is 308 g/mol. The molecule has 116 valence electrons. The van der Waals surface area contributed by atoms with Gasteiger partial charge in [0.05, 0.1) is 12.5 Å². The third kappa shape index (κ3) is 4.16. The van der Waals surface area contributed by atoms with Crippen molar-refractivity contribution in [3.63, 3.8) is 0 Å². The lowest BCUT2D eigenvalue weighted by Crippen LogP contribution is -2.25. The van der Waals surface area contributed by atoms with Crippen LogP contribution in [0, 0.1) is 0 Å². The number of hydrogen-bond donors (Lipinski definition) is 1. The summed E-state index contributed by atoms with van der Waals surface area (Å²) in [4.78, 5) is 1.01. The van der Waals surface area contributed by atoms with Crippen LogP contribution in [-0.2, 0) is 23.1 Å². The van der Waals surface area contributed by atoms with Gasteiger partial charge in [0.15, 0.2) is 0 Å². The van der Waals surface area contributed by atoms with Crippen molar-refractivity contribution in [1.29, 1.82) is 0 Å². The third-order valence-electron chi connectivity index (χ3n) is 2.97. The lowest BCUT2D eigenvalue weighted by Gasteiger charge is -2.14. The van der Waals surface area contributed by atoms with Crippen molar-refractivity contribution in [1.82, 2.24) is 9.62 Å². The van der Waals surface area contributed by atoms with Crippen LogP contribution in [0.1, 0.15) is 24.3 Å². The molecule has 2 aromatic heterocycles. The molecule has 0 radical (unpaired) electrons. The van der Waals surface area contributed by atoms with Gasteiger partial charge in [-0.3, -0.25) is 0 Å². The molecular formula is C14H20N2O3S2.